The van der Waals surface area contributed by atoms with Crippen molar-refractivity contribution in [2.24, 2.45) is 0 Å². The van der Waals surface area contributed by atoms with Gasteiger partial charge in [-0.3, -0.25) is 0 Å². The van der Waals surface area contributed by atoms with Gasteiger partial charge in [-0.2, -0.15) is 0 Å². The first-order valence-electron chi connectivity index (χ1n) is 6.44. The summed E-state index contributed by atoms with van der Waals surface area (Å²) < 4.78 is 5.60. The molecule has 0 fully saturated rings. The molecule has 0 N–H and O–H groups in total. The third kappa shape index (κ3) is 2.40. The van der Waals surface area contributed by atoms with Crippen LogP contribution in [0.2, 0.25) is 0 Å². The van der Waals surface area contributed by atoms with E-state index in [0.29, 0.717) is 0 Å². The van der Waals surface area contributed by atoms with Gasteiger partial charge in [0.05, 0.1) is 0 Å². The van der Waals surface area contributed by atoms with Crippen molar-refractivity contribution in [3.8, 4) is 5.75 Å². The van der Waals surface area contributed by atoms with E-state index in [9.17, 15) is 0 Å². The number of hydrogen-bond donors (Lipinski definition) is 0. The van der Waals surface area contributed by atoms with Gasteiger partial charge in [0.15, 0.2) is 0 Å². The molecule has 1 aliphatic heterocycles. The lowest BCUT2D eigenvalue weighted by atomic mass is 9.94. The first-order valence-corrected chi connectivity index (χ1v) is 6.44. The molecular formula is C15H21O. The van der Waals surface area contributed by atoms with E-state index in [4.69, 9.17) is 4.74 Å². The average molecular weight is 217 g/mol. The zero-order valence-electron chi connectivity index (χ0n) is 10.4. The summed E-state index contributed by atoms with van der Waals surface area (Å²) in [5.74, 6) is 1.06. The normalized spacial score (nSPS) is 12.9. The molecule has 0 aliphatic carbocycles. The topological polar surface area (TPSA) is 9.23 Å². The van der Waals surface area contributed by atoms with Crippen LogP contribution in [0.15, 0.2) is 12.1 Å². The molecule has 0 spiro atoms. The van der Waals surface area contributed by atoms with Crippen LogP contribution in [0.25, 0.3) is 0 Å². The molecule has 0 amide bonds. The summed E-state index contributed by atoms with van der Waals surface area (Å²) in [5.41, 5.74) is 4.44. The van der Waals surface area contributed by atoms with Crippen molar-refractivity contribution >= 4 is 0 Å². The number of rotatable bonds is 6. The van der Waals surface area contributed by atoms with E-state index in [1.54, 1.807) is 0 Å². The number of ether oxygens (including phenoxy) is 1. The standard InChI is InChI=1S/C15H21O/c1-3-5-6-8-12-9-14-10-13(11-16-14)15(12)7-4-2/h6,9-10H,3-5,7-8,11H2,1-2H3. The van der Waals surface area contributed by atoms with Crippen LogP contribution in [0.1, 0.15) is 49.8 Å². The third-order valence-corrected chi connectivity index (χ3v) is 3.16. The average Bonchev–Trinajstić information content (AvgIpc) is 2.67. The fourth-order valence-electron chi connectivity index (χ4n) is 2.35. The fourth-order valence-corrected chi connectivity index (χ4v) is 2.35. The first kappa shape index (κ1) is 11.5. The highest BCUT2D eigenvalue weighted by atomic mass is 16.5. The summed E-state index contributed by atoms with van der Waals surface area (Å²) in [6, 6.07) is 4.43. The molecule has 2 bridgehead atoms. The first-order chi connectivity index (χ1) is 7.85. The van der Waals surface area contributed by atoms with Crippen LogP contribution in [-0.4, -0.2) is 0 Å². The molecular weight excluding hydrogens is 196 g/mol. The molecule has 16 heavy (non-hydrogen) atoms. The van der Waals surface area contributed by atoms with Crippen LogP contribution in [0.3, 0.4) is 0 Å². The van der Waals surface area contributed by atoms with Crippen molar-refractivity contribution < 1.29 is 4.74 Å². The summed E-state index contributed by atoms with van der Waals surface area (Å²) >= 11 is 0. The highest BCUT2D eigenvalue weighted by molar-refractivity contribution is 5.45. The minimum absolute atomic E-state index is 0.790. The van der Waals surface area contributed by atoms with Gasteiger partial charge < -0.3 is 4.74 Å². The van der Waals surface area contributed by atoms with Gasteiger partial charge in [0.2, 0.25) is 0 Å². The number of benzene rings is 1. The summed E-state index contributed by atoms with van der Waals surface area (Å²) in [6.07, 6.45) is 8.36. The zero-order chi connectivity index (χ0) is 11.4. The smallest absolute Gasteiger partial charge is 0.120 e. The molecule has 2 rings (SSSR count). The molecule has 1 heterocycles. The van der Waals surface area contributed by atoms with Crippen molar-refractivity contribution in [1.82, 2.24) is 0 Å². The lowest BCUT2D eigenvalue weighted by Gasteiger charge is -2.09. The second-order valence-electron chi connectivity index (χ2n) is 4.54. The van der Waals surface area contributed by atoms with E-state index >= 15 is 0 Å². The zero-order valence-corrected chi connectivity index (χ0v) is 10.4. The van der Waals surface area contributed by atoms with Gasteiger partial charge in [0, 0.05) is 0 Å². The minimum Gasteiger partial charge on any atom is -0.489 e. The monoisotopic (exact) mass is 217 g/mol. The summed E-state index contributed by atoms with van der Waals surface area (Å²) in [4.78, 5) is 0. The van der Waals surface area contributed by atoms with Gasteiger partial charge in [0.25, 0.3) is 0 Å². The second kappa shape index (κ2) is 5.38. The van der Waals surface area contributed by atoms with Gasteiger partial charge >= 0.3 is 0 Å². The lowest BCUT2D eigenvalue weighted by molar-refractivity contribution is 0.327. The van der Waals surface area contributed by atoms with Crippen LogP contribution >= 0.6 is 0 Å². The van der Waals surface area contributed by atoms with Crippen LogP contribution < -0.4 is 4.74 Å². The molecule has 1 radical (unpaired) electrons. The van der Waals surface area contributed by atoms with E-state index in [1.165, 1.54) is 42.4 Å². The Labute approximate surface area is 98.8 Å². The Morgan fingerprint density at radius 3 is 2.88 bits per heavy atom. The molecule has 0 unspecified atom stereocenters. The molecule has 1 heteroatoms. The van der Waals surface area contributed by atoms with Gasteiger partial charge in [-0.15, -0.1) is 0 Å². The number of unbranched alkanes of at least 4 members (excludes halogenated alkanes) is 2. The second-order valence-corrected chi connectivity index (χ2v) is 4.54. The van der Waals surface area contributed by atoms with E-state index in [2.05, 4.69) is 32.4 Å². The molecule has 0 saturated heterocycles. The van der Waals surface area contributed by atoms with Crippen molar-refractivity contribution in [3.63, 3.8) is 0 Å². The fraction of sp³-hybridized carbons (Fsp3) is 0.533. The Balaban J connectivity index is 2.15. The van der Waals surface area contributed by atoms with Crippen molar-refractivity contribution in [2.45, 2.75) is 52.6 Å². The van der Waals surface area contributed by atoms with E-state index < -0.39 is 0 Å². The van der Waals surface area contributed by atoms with Gasteiger partial charge in [-0.25, -0.2) is 0 Å². The van der Waals surface area contributed by atoms with Crippen molar-refractivity contribution in [2.75, 3.05) is 0 Å². The van der Waals surface area contributed by atoms with Crippen LogP contribution in [-0.2, 0) is 19.4 Å². The lowest BCUT2D eigenvalue weighted by Crippen LogP contribution is -1.98. The molecule has 1 aromatic rings. The highest BCUT2D eigenvalue weighted by Gasteiger charge is 2.16. The van der Waals surface area contributed by atoms with Crippen LogP contribution in [0.5, 0.6) is 5.75 Å². The largest absolute Gasteiger partial charge is 0.489 e. The summed E-state index contributed by atoms with van der Waals surface area (Å²) in [5, 5.41) is 0. The SMILES string of the molecule is CCC[CH]Cc1cc2cc(c1CCC)CO2. The van der Waals surface area contributed by atoms with Crippen molar-refractivity contribution in [3.05, 3.63) is 35.2 Å². The number of fused-ring (bicyclic) bond motifs is 2. The summed E-state index contributed by atoms with van der Waals surface area (Å²) in [6.45, 7) is 5.26. The van der Waals surface area contributed by atoms with E-state index in [-0.39, 0.29) is 0 Å². The molecule has 87 valence electrons. The Morgan fingerprint density at radius 1 is 1.25 bits per heavy atom. The highest BCUT2D eigenvalue weighted by Crippen LogP contribution is 2.31. The Kier molecular flexibility index (Phi) is 3.87. The minimum atomic E-state index is 0.790. The predicted molar refractivity (Wildman–Crippen MR) is 67.7 cm³/mol. The van der Waals surface area contributed by atoms with Gasteiger partial charge in [-0.05, 0) is 48.1 Å². The van der Waals surface area contributed by atoms with Crippen LogP contribution in [0.4, 0.5) is 0 Å². The molecule has 0 saturated carbocycles. The third-order valence-electron chi connectivity index (χ3n) is 3.16. The van der Waals surface area contributed by atoms with Gasteiger partial charge in [0.1, 0.15) is 12.4 Å². The quantitative estimate of drug-likeness (QED) is 0.652. The Morgan fingerprint density at radius 2 is 2.12 bits per heavy atom. The van der Waals surface area contributed by atoms with E-state index in [1.807, 2.05) is 0 Å². The Bertz CT molecular complexity index is 355. The van der Waals surface area contributed by atoms with Gasteiger partial charge in [-0.1, -0.05) is 33.1 Å². The van der Waals surface area contributed by atoms with Crippen molar-refractivity contribution in [1.29, 1.82) is 0 Å². The Hall–Kier alpha value is -0.980. The maximum Gasteiger partial charge on any atom is 0.120 e. The van der Waals surface area contributed by atoms with Crippen LogP contribution in [0, 0.1) is 6.42 Å². The number of hydrogen-bond acceptors (Lipinski definition) is 1. The maximum absolute atomic E-state index is 5.60. The predicted octanol–water partition coefficient (Wildman–Crippen LogP) is 4.08. The summed E-state index contributed by atoms with van der Waals surface area (Å²) in [7, 11) is 0. The molecule has 1 aromatic carbocycles. The molecule has 0 aromatic heterocycles. The molecule has 1 nitrogen and oxygen atoms in total. The molecule has 1 aliphatic rings. The molecule has 0 atom stereocenters. The maximum atomic E-state index is 5.60. The van der Waals surface area contributed by atoms with E-state index in [0.717, 1.165) is 18.8 Å².